The molecule has 1 aromatic carbocycles. The molecule has 26 heavy (non-hydrogen) atoms. The van der Waals surface area contributed by atoms with E-state index < -0.39 is 11.5 Å². The number of aromatic amines is 1. The summed E-state index contributed by atoms with van der Waals surface area (Å²) >= 11 is 1.01. The molecule has 0 unspecified atom stereocenters. The second-order valence-corrected chi connectivity index (χ2v) is 6.30. The van der Waals surface area contributed by atoms with E-state index in [9.17, 15) is 14.4 Å². The second kappa shape index (κ2) is 8.99. The fourth-order valence-corrected chi connectivity index (χ4v) is 2.64. The van der Waals surface area contributed by atoms with E-state index in [2.05, 4.69) is 20.5 Å². The molecule has 1 heterocycles. The molecule has 0 fully saturated rings. The maximum absolute atomic E-state index is 12.1. The Balaban J connectivity index is 1.95. The van der Waals surface area contributed by atoms with Crippen molar-refractivity contribution >= 4 is 29.3 Å². The lowest BCUT2D eigenvalue weighted by Gasteiger charge is -2.10. The van der Waals surface area contributed by atoms with Crippen LogP contribution in [0.3, 0.4) is 0 Å². The average molecular weight is 378 g/mol. The lowest BCUT2D eigenvalue weighted by atomic mass is 10.2. The van der Waals surface area contributed by atoms with Crippen molar-refractivity contribution in [3.63, 3.8) is 0 Å². The van der Waals surface area contributed by atoms with Crippen LogP contribution in [0.5, 0.6) is 5.75 Å². The molecule has 1 aromatic heterocycles. The number of aryl methyl sites for hydroxylation is 2. The lowest BCUT2D eigenvalue weighted by molar-refractivity contribution is -0.137. The zero-order valence-corrected chi connectivity index (χ0v) is 15.1. The van der Waals surface area contributed by atoms with Gasteiger partial charge >= 0.3 is 5.97 Å². The molecule has 9 nitrogen and oxygen atoms in total. The normalized spacial score (nSPS) is 10.4. The standard InChI is InChI=1S/C16H18N4O5S/c1-9-3-5-12(25-2)11(7-9)17-13(21)8-26-16-18-15(24)10(19-20-16)4-6-14(22)23/h3,5,7H,4,6,8H2,1-2H3,(H,17,21)(H,22,23)(H,18,20,24). The number of methoxy groups -OCH3 is 1. The Morgan fingerprint density at radius 3 is 2.77 bits per heavy atom. The highest BCUT2D eigenvalue weighted by molar-refractivity contribution is 7.99. The number of amides is 1. The molecule has 138 valence electrons. The minimum Gasteiger partial charge on any atom is -0.495 e. The Bertz CT molecular complexity index is 868. The lowest BCUT2D eigenvalue weighted by Crippen LogP contribution is -2.20. The smallest absolute Gasteiger partial charge is 0.303 e. The highest BCUT2D eigenvalue weighted by Crippen LogP contribution is 2.25. The Morgan fingerprint density at radius 2 is 2.12 bits per heavy atom. The van der Waals surface area contributed by atoms with Gasteiger partial charge in [0.2, 0.25) is 5.91 Å². The van der Waals surface area contributed by atoms with E-state index in [1.165, 1.54) is 7.11 Å². The number of carbonyl (C=O) groups excluding carboxylic acids is 1. The summed E-state index contributed by atoms with van der Waals surface area (Å²) in [5.74, 6) is -0.759. The van der Waals surface area contributed by atoms with Gasteiger partial charge in [-0.05, 0) is 24.6 Å². The Labute approximate surface area is 153 Å². The summed E-state index contributed by atoms with van der Waals surface area (Å²) in [5.41, 5.74) is 1.07. The number of benzene rings is 1. The topological polar surface area (TPSA) is 134 Å². The number of rotatable bonds is 8. The predicted molar refractivity (Wildman–Crippen MR) is 95.7 cm³/mol. The maximum atomic E-state index is 12.1. The van der Waals surface area contributed by atoms with Crippen molar-refractivity contribution < 1.29 is 19.4 Å². The fraction of sp³-hybridized carbons (Fsp3) is 0.312. The summed E-state index contributed by atoms with van der Waals surface area (Å²) in [5, 5.41) is 19.1. The number of thioether (sulfide) groups is 1. The quantitative estimate of drug-likeness (QED) is 0.584. The van der Waals surface area contributed by atoms with Crippen molar-refractivity contribution in [2.24, 2.45) is 0 Å². The second-order valence-electron chi connectivity index (χ2n) is 5.34. The number of carbonyl (C=O) groups is 2. The summed E-state index contributed by atoms with van der Waals surface area (Å²) in [6, 6.07) is 5.42. The molecule has 0 aliphatic rings. The number of H-pyrrole nitrogens is 1. The summed E-state index contributed by atoms with van der Waals surface area (Å²) < 4.78 is 5.20. The zero-order valence-electron chi connectivity index (χ0n) is 14.2. The number of ether oxygens (including phenoxy) is 1. The average Bonchev–Trinajstić information content (AvgIpc) is 2.59. The number of nitrogens with zero attached hydrogens (tertiary/aromatic N) is 2. The minimum atomic E-state index is -1.02. The van der Waals surface area contributed by atoms with E-state index in [1.54, 1.807) is 12.1 Å². The van der Waals surface area contributed by atoms with Crippen molar-refractivity contribution in [3.8, 4) is 5.75 Å². The molecule has 10 heteroatoms. The number of carboxylic acids is 1. The van der Waals surface area contributed by atoms with Crippen LogP contribution in [-0.4, -0.2) is 45.0 Å². The Morgan fingerprint density at radius 1 is 1.35 bits per heavy atom. The van der Waals surface area contributed by atoms with Gasteiger partial charge in [0, 0.05) is 6.42 Å². The Kier molecular flexibility index (Phi) is 6.73. The van der Waals surface area contributed by atoms with Crippen molar-refractivity contribution in [2.75, 3.05) is 18.2 Å². The number of hydrogen-bond donors (Lipinski definition) is 3. The predicted octanol–water partition coefficient (Wildman–Crippen LogP) is 1.23. The highest BCUT2D eigenvalue weighted by atomic mass is 32.2. The zero-order chi connectivity index (χ0) is 19.1. The molecule has 0 atom stereocenters. The van der Waals surface area contributed by atoms with E-state index in [0.717, 1.165) is 17.3 Å². The first-order valence-corrected chi connectivity index (χ1v) is 8.62. The van der Waals surface area contributed by atoms with Crippen LogP contribution in [0.25, 0.3) is 0 Å². The summed E-state index contributed by atoms with van der Waals surface area (Å²) in [4.78, 5) is 36.9. The van der Waals surface area contributed by atoms with E-state index in [-0.39, 0.29) is 35.4 Å². The molecule has 0 bridgehead atoms. The largest absolute Gasteiger partial charge is 0.495 e. The molecule has 2 aromatic rings. The number of hydrogen-bond acceptors (Lipinski definition) is 7. The molecular weight excluding hydrogens is 360 g/mol. The number of carboxylic acid groups (broad SMARTS) is 1. The molecule has 2 rings (SSSR count). The van der Waals surface area contributed by atoms with Crippen LogP contribution in [0.1, 0.15) is 17.7 Å². The van der Waals surface area contributed by atoms with Crippen LogP contribution in [-0.2, 0) is 16.0 Å². The highest BCUT2D eigenvalue weighted by Gasteiger charge is 2.11. The fourth-order valence-electron chi connectivity index (χ4n) is 2.04. The summed E-state index contributed by atoms with van der Waals surface area (Å²) in [7, 11) is 1.52. The number of nitrogens with one attached hydrogen (secondary N) is 2. The van der Waals surface area contributed by atoms with Gasteiger partial charge in [-0.2, -0.15) is 0 Å². The van der Waals surface area contributed by atoms with Crippen LogP contribution < -0.4 is 15.6 Å². The van der Waals surface area contributed by atoms with E-state index in [0.29, 0.717) is 11.4 Å². The number of aliphatic carboxylic acids is 1. The first-order valence-electron chi connectivity index (χ1n) is 7.64. The van der Waals surface area contributed by atoms with Gasteiger partial charge in [0.05, 0.1) is 25.0 Å². The molecule has 1 amide bonds. The molecule has 3 N–H and O–H groups in total. The summed E-state index contributed by atoms with van der Waals surface area (Å²) in [6.45, 7) is 1.90. The van der Waals surface area contributed by atoms with Gasteiger partial charge in [-0.15, -0.1) is 10.2 Å². The minimum absolute atomic E-state index is 0.00372. The van der Waals surface area contributed by atoms with Crippen molar-refractivity contribution in [2.45, 2.75) is 24.9 Å². The van der Waals surface area contributed by atoms with E-state index in [4.69, 9.17) is 9.84 Å². The van der Waals surface area contributed by atoms with Gasteiger partial charge in [-0.3, -0.25) is 19.4 Å². The third-order valence-electron chi connectivity index (χ3n) is 3.29. The molecule has 0 aliphatic heterocycles. The van der Waals surface area contributed by atoms with Crippen LogP contribution >= 0.6 is 11.8 Å². The van der Waals surface area contributed by atoms with Gasteiger partial charge in [0.15, 0.2) is 5.16 Å². The monoisotopic (exact) mass is 378 g/mol. The van der Waals surface area contributed by atoms with Gasteiger partial charge in [0.1, 0.15) is 11.4 Å². The van der Waals surface area contributed by atoms with Gasteiger partial charge in [0.25, 0.3) is 5.56 Å². The molecule has 0 aliphatic carbocycles. The molecular formula is C16H18N4O5S. The van der Waals surface area contributed by atoms with Crippen molar-refractivity contribution in [1.29, 1.82) is 0 Å². The number of aromatic nitrogens is 3. The first-order chi connectivity index (χ1) is 12.4. The van der Waals surface area contributed by atoms with Crippen LogP contribution in [0.2, 0.25) is 0 Å². The molecule has 0 radical (unpaired) electrons. The molecule has 0 saturated carbocycles. The van der Waals surface area contributed by atoms with Gasteiger partial charge in [-0.1, -0.05) is 17.8 Å². The maximum Gasteiger partial charge on any atom is 0.303 e. The van der Waals surface area contributed by atoms with E-state index in [1.807, 2.05) is 13.0 Å². The SMILES string of the molecule is COc1ccc(C)cc1NC(=O)CSc1nnc(CCC(=O)O)c(=O)[nH]1. The first kappa shape index (κ1) is 19.4. The van der Waals surface area contributed by atoms with E-state index >= 15 is 0 Å². The molecule has 0 spiro atoms. The van der Waals surface area contributed by atoms with Gasteiger partial charge < -0.3 is 15.2 Å². The van der Waals surface area contributed by atoms with Crippen molar-refractivity contribution in [1.82, 2.24) is 15.2 Å². The third-order valence-corrected chi connectivity index (χ3v) is 4.15. The van der Waals surface area contributed by atoms with Gasteiger partial charge in [-0.25, -0.2) is 0 Å². The Hall–Kier alpha value is -2.88. The summed E-state index contributed by atoms with van der Waals surface area (Å²) in [6.07, 6.45) is -0.207. The molecule has 0 saturated heterocycles. The van der Waals surface area contributed by atoms with Crippen LogP contribution in [0.4, 0.5) is 5.69 Å². The third kappa shape index (κ3) is 5.59. The van der Waals surface area contributed by atoms with Crippen LogP contribution in [0, 0.1) is 6.92 Å². The van der Waals surface area contributed by atoms with Crippen LogP contribution in [0.15, 0.2) is 28.2 Å². The number of anilines is 1. The van der Waals surface area contributed by atoms with Crippen molar-refractivity contribution in [3.05, 3.63) is 39.8 Å².